The first-order chi connectivity index (χ1) is 9.85. The number of carbonyl (C=O) groups is 1. The molecule has 1 aromatic carbocycles. The molecule has 1 aliphatic rings. The monoisotopic (exact) mass is 317 g/mol. The van der Waals surface area contributed by atoms with Crippen molar-refractivity contribution in [3.8, 4) is 0 Å². The van der Waals surface area contributed by atoms with E-state index in [4.69, 9.17) is 4.74 Å². The fraction of sp³-hybridized carbons (Fsp3) is 0.462. The van der Waals surface area contributed by atoms with Gasteiger partial charge in [0.05, 0.1) is 19.3 Å². The van der Waals surface area contributed by atoms with Crippen LogP contribution in [0.15, 0.2) is 30.3 Å². The Hall–Kier alpha value is -1.67. The van der Waals surface area contributed by atoms with Crippen molar-refractivity contribution in [3.63, 3.8) is 0 Å². The van der Waals surface area contributed by atoms with Gasteiger partial charge in [0.15, 0.2) is 0 Å². The number of likely N-dealkylation sites (tertiary alicyclic amines) is 1. The molecule has 0 radical (unpaired) electrons. The zero-order valence-electron chi connectivity index (χ0n) is 11.4. The SMILES string of the molecule is CS(=O)(=O)OC1CN(C(=O)OCc2ccccc2)CC1F. The maximum absolute atomic E-state index is 13.7. The molecule has 2 rings (SSSR count). The highest BCUT2D eigenvalue weighted by Gasteiger charge is 2.39. The van der Waals surface area contributed by atoms with Crippen LogP contribution < -0.4 is 0 Å². The van der Waals surface area contributed by atoms with Crippen LogP contribution >= 0.6 is 0 Å². The van der Waals surface area contributed by atoms with Gasteiger partial charge in [-0.05, 0) is 5.56 Å². The van der Waals surface area contributed by atoms with Crippen LogP contribution in [-0.4, -0.2) is 51.0 Å². The molecule has 6 nitrogen and oxygen atoms in total. The lowest BCUT2D eigenvalue weighted by molar-refractivity contribution is 0.0995. The number of rotatable bonds is 4. The molecule has 21 heavy (non-hydrogen) atoms. The number of amides is 1. The van der Waals surface area contributed by atoms with Crippen LogP contribution in [-0.2, 0) is 25.6 Å². The molecule has 8 heteroatoms. The van der Waals surface area contributed by atoms with Crippen LogP contribution in [0.1, 0.15) is 5.56 Å². The van der Waals surface area contributed by atoms with Crippen molar-refractivity contribution in [2.75, 3.05) is 19.3 Å². The van der Waals surface area contributed by atoms with Crippen molar-refractivity contribution >= 4 is 16.2 Å². The molecule has 2 atom stereocenters. The quantitative estimate of drug-likeness (QED) is 0.783. The topological polar surface area (TPSA) is 72.9 Å². The molecule has 0 saturated carbocycles. The van der Waals surface area contributed by atoms with E-state index in [1.54, 1.807) is 12.1 Å². The number of hydrogen-bond donors (Lipinski definition) is 0. The van der Waals surface area contributed by atoms with Gasteiger partial charge in [0.2, 0.25) is 0 Å². The molecule has 116 valence electrons. The zero-order chi connectivity index (χ0) is 15.5. The Morgan fingerprint density at radius 3 is 2.62 bits per heavy atom. The number of carbonyl (C=O) groups excluding carboxylic acids is 1. The molecule has 0 spiro atoms. The Balaban J connectivity index is 1.87. The lowest BCUT2D eigenvalue weighted by atomic mass is 10.2. The number of halogens is 1. The summed E-state index contributed by atoms with van der Waals surface area (Å²) in [5.41, 5.74) is 0.811. The number of nitrogens with zero attached hydrogens (tertiary/aromatic N) is 1. The van der Waals surface area contributed by atoms with E-state index in [1.807, 2.05) is 18.2 Å². The Kier molecular flexibility index (Phi) is 4.79. The number of benzene rings is 1. The number of hydrogen-bond acceptors (Lipinski definition) is 5. The highest BCUT2D eigenvalue weighted by Crippen LogP contribution is 2.19. The van der Waals surface area contributed by atoms with E-state index in [9.17, 15) is 17.6 Å². The second-order valence-electron chi connectivity index (χ2n) is 4.80. The lowest BCUT2D eigenvalue weighted by Crippen LogP contribution is -2.31. The van der Waals surface area contributed by atoms with Gasteiger partial charge in [0, 0.05) is 0 Å². The minimum atomic E-state index is -3.76. The first-order valence-corrected chi connectivity index (χ1v) is 8.15. The summed E-state index contributed by atoms with van der Waals surface area (Å²) in [5, 5.41) is 0. The van der Waals surface area contributed by atoms with Crippen molar-refractivity contribution in [1.82, 2.24) is 4.90 Å². The number of ether oxygens (including phenoxy) is 1. The normalized spacial score (nSPS) is 22.3. The van der Waals surface area contributed by atoms with E-state index in [0.717, 1.165) is 16.7 Å². The molecule has 2 unspecified atom stereocenters. The average molecular weight is 317 g/mol. The van der Waals surface area contributed by atoms with Gasteiger partial charge in [-0.2, -0.15) is 8.42 Å². The van der Waals surface area contributed by atoms with Crippen molar-refractivity contribution in [2.24, 2.45) is 0 Å². The number of alkyl halides is 1. The predicted molar refractivity (Wildman–Crippen MR) is 72.8 cm³/mol. The smallest absolute Gasteiger partial charge is 0.410 e. The van der Waals surface area contributed by atoms with Gasteiger partial charge >= 0.3 is 6.09 Å². The predicted octanol–water partition coefficient (Wildman–Crippen LogP) is 1.32. The summed E-state index contributed by atoms with van der Waals surface area (Å²) in [6.07, 6.45) is -2.58. The van der Waals surface area contributed by atoms with Crippen molar-refractivity contribution in [1.29, 1.82) is 0 Å². The van der Waals surface area contributed by atoms with Crippen LogP contribution in [0, 0.1) is 0 Å². The van der Waals surface area contributed by atoms with Crippen LogP contribution in [0.5, 0.6) is 0 Å². The maximum atomic E-state index is 13.7. The third-order valence-electron chi connectivity index (χ3n) is 2.96. The molecule has 1 saturated heterocycles. The van der Waals surface area contributed by atoms with Gasteiger partial charge in [0.1, 0.15) is 18.9 Å². The van der Waals surface area contributed by atoms with Crippen LogP contribution in [0.25, 0.3) is 0 Å². The fourth-order valence-electron chi connectivity index (χ4n) is 2.01. The fourth-order valence-corrected chi connectivity index (χ4v) is 2.64. The summed E-state index contributed by atoms with van der Waals surface area (Å²) in [6, 6.07) is 9.06. The Bertz CT molecular complexity index is 592. The molecule has 1 heterocycles. The van der Waals surface area contributed by atoms with Gasteiger partial charge < -0.3 is 9.64 Å². The van der Waals surface area contributed by atoms with Crippen molar-refractivity contribution < 1.29 is 26.5 Å². The van der Waals surface area contributed by atoms with Gasteiger partial charge in [-0.1, -0.05) is 30.3 Å². The summed E-state index contributed by atoms with van der Waals surface area (Å²) in [5.74, 6) is 0. The average Bonchev–Trinajstić information content (AvgIpc) is 2.77. The molecule has 1 fully saturated rings. The molecular formula is C13H16FNO5S. The summed E-state index contributed by atoms with van der Waals surface area (Å²) in [6.45, 7) is -0.319. The van der Waals surface area contributed by atoms with E-state index in [2.05, 4.69) is 4.18 Å². The summed E-state index contributed by atoms with van der Waals surface area (Å²) in [7, 11) is -3.76. The highest BCUT2D eigenvalue weighted by molar-refractivity contribution is 7.86. The summed E-state index contributed by atoms with van der Waals surface area (Å²) >= 11 is 0. The van der Waals surface area contributed by atoms with Gasteiger partial charge in [-0.25, -0.2) is 9.18 Å². The van der Waals surface area contributed by atoms with Crippen LogP contribution in [0.2, 0.25) is 0 Å². The summed E-state index contributed by atoms with van der Waals surface area (Å²) < 4.78 is 45.3. The molecule has 0 aromatic heterocycles. The Morgan fingerprint density at radius 2 is 2.00 bits per heavy atom. The minimum Gasteiger partial charge on any atom is -0.445 e. The largest absolute Gasteiger partial charge is 0.445 e. The standard InChI is InChI=1S/C13H16FNO5S/c1-21(17,18)20-12-8-15(7-11(12)14)13(16)19-9-10-5-3-2-4-6-10/h2-6,11-12H,7-9H2,1H3. The first-order valence-electron chi connectivity index (χ1n) is 6.33. The Morgan fingerprint density at radius 1 is 1.33 bits per heavy atom. The zero-order valence-corrected chi connectivity index (χ0v) is 12.3. The molecule has 0 bridgehead atoms. The molecule has 0 N–H and O–H groups in total. The van der Waals surface area contributed by atoms with Gasteiger partial charge in [-0.15, -0.1) is 0 Å². The van der Waals surface area contributed by atoms with E-state index in [-0.39, 0.29) is 19.7 Å². The van der Waals surface area contributed by atoms with Crippen LogP contribution in [0.3, 0.4) is 0 Å². The van der Waals surface area contributed by atoms with E-state index in [0.29, 0.717) is 0 Å². The highest BCUT2D eigenvalue weighted by atomic mass is 32.2. The van der Waals surface area contributed by atoms with Crippen molar-refractivity contribution in [3.05, 3.63) is 35.9 Å². The van der Waals surface area contributed by atoms with E-state index < -0.39 is 28.5 Å². The third kappa shape index (κ3) is 4.68. The molecule has 1 aliphatic heterocycles. The van der Waals surface area contributed by atoms with Crippen molar-refractivity contribution in [2.45, 2.75) is 18.9 Å². The van der Waals surface area contributed by atoms with E-state index >= 15 is 0 Å². The first kappa shape index (κ1) is 15.7. The lowest BCUT2D eigenvalue weighted by Gasteiger charge is -2.15. The molecular weight excluding hydrogens is 301 g/mol. The maximum Gasteiger partial charge on any atom is 0.410 e. The molecule has 1 aromatic rings. The van der Waals surface area contributed by atoms with Gasteiger partial charge in [-0.3, -0.25) is 4.18 Å². The van der Waals surface area contributed by atoms with E-state index in [1.165, 1.54) is 0 Å². The molecule has 0 aliphatic carbocycles. The minimum absolute atomic E-state index is 0.0741. The summed E-state index contributed by atoms with van der Waals surface area (Å²) in [4.78, 5) is 12.9. The second-order valence-corrected chi connectivity index (χ2v) is 6.40. The second kappa shape index (κ2) is 6.40. The third-order valence-corrected chi connectivity index (χ3v) is 3.56. The molecule has 1 amide bonds. The Labute approximate surface area is 122 Å². The van der Waals surface area contributed by atoms with Crippen LogP contribution in [0.4, 0.5) is 9.18 Å². The van der Waals surface area contributed by atoms with Gasteiger partial charge in [0.25, 0.3) is 10.1 Å².